The lowest BCUT2D eigenvalue weighted by Crippen LogP contribution is -2.39. The molecule has 1 aromatic rings. The molecule has 0 saturated heterocycles. The molecule has 4 heteroatoms. The summed E-state index contributed by atoms with van der Waals surface area (Å²) in [7, 11) is 1.37. The molecule has 4 nitrogen and oxygen atoms in total. The average molecular weight is 293 g/mol. The van der Waals surface area contributed by atoms with Crippen molar-refractivity contribution in [3.05, 3.63) is 34.9 Å². The number of carbonyl (C=O) groups excluding carboxylic acids is 1. The zero-order valence-electron chi connectivity index (χ0n) is 13.6. The number of benzene rings is 1. The van der Waals surface area contributed by atoms with E-state index in [-0.39, 0.29) is 18.4 Å². The summed E-state index contributed by atoms with van der Waals surface area (Å²) in [4.78, 5) is 11.6. The Morgan fingerprint density at radius 3 is 2.48 bits per heavy atom. The number of rotatable bonds is 7. The number of ether oxygens (including phenoxy) is 1. The van der Waals surface area contributed by atoms with Crippen LogP contribution in [-0.4, -0.2) is 30.8 Å². The largest absolute Gasteiger partial charge is 0.469 e. The van der Waals surface area contributed by atoms with Gasteiger partial charge in [-0.05, 0) is 43.0 Å². The van der Waals surface area contributed by atoms with Gasteiger partial charge in [-0.15, -0.1) is 0 Å². The van der Waals surface area contributed by atoms with E-state index in [1.54, 1.807) is 0 Å². The topological polar surface area (TPSA) is 58.6 Å². The second-order valence-corrected chi connectivity index (χ2v) is 5.98. The van der Waals surface area contributed by atoms with Gasteiger partial charge in [0.2, 0.25) is 0 Å². The van der Waals surface area contributed by atoms with Crippen molar-refractivity contribution in [2.45, 2.75) is 46.3 Å². The van der Waals surface area contributed by atoms with Gasteiger partial charge in [0, 0.05) is 6.04 Å². The molecule has 1 rings (SSSR count). The molecule has 0 aromatic heterocycles. The zero-order valence-corrected chi connectivity index (χ0v) is 13.6. The van der Waals surface area contributed by atoms with Gasteiger partial charge in [-0.1, -0.05) is 32.0 Å². The summed E-state index contributed by atoms with van der Waals surface area (Å²) in [5, 5.41) is 13.8. The third-order valence-electron chi connectivity index (χ3n) is 3.66. The minimum Gasteiger partial charge on any atom is -0.469 e. The molecule has 0 aliphatic rings. The Bertz CT molecular complexity index is 471. The van der Waals surface area contributed by atoms with E-state index >= 15 is 0 Å². The van der Waals surface area contributed by atoms with Crippen molar-refractivity contribution in [1.82, 2.24) is 5.32 Å². The van der Waals surface area contributed by atoms with Crippen LogP contribution in [-0.2, 0) is 9.53 Å². The van der Waals surface area contributed by atoms with Crippen LogP contribution in [0.4, 0.5) is 0 Å². The second-order valence-electron chi connectivity index (χ2n) is 5.98. The van der Waals surface area contributed by atoms with Crippen LogP contribution in [0.2, 0.25) is 0 Å². The van der Waals surface area contributed by atoms with Crippen LogP contribution in [0, 0.1) is 19.8 Å². The lowest BCUT2D eigenvalue weighted by molar-refractivity contribution is -0.142. The number of esters is 1. The van der Waals surface area contributed by atoms with Crippen LogP contribution >= 0.6 is 0 Å². The fourth-order valence-corrected chi connectivity index (χ4v) is 2.13. The molecule has 2 unspecified atom stereocenters. The molecular weight excluding hydrogens is 266 g/mol. The van der Waals surface area contributed by atoms with Crippen molar-refractivity contribution in [2.24, 2.45) is 5.92 Å². The van der Waals surface area contributed by atoms with Crippen molar-refractivity contribution >= 4 is 5.97 Å². The van der Waals surface area contributed by atoms with E-state index in [1.807, 2.05) is 32.0 Å². The van der Waals surface area contributed by atoms with Gasteiger partial charge >= 0.3 is 5.97 Å². The summed E-state index contributed by atoms with van der Waals surface area (Å²) in [6.07, 6.45) is -0.584. The summed E-state index contributed by atoms with van der Waals surface area (Å²) in [6, 6.07) is 5.53. The smallest absolute Gasteiger partial charge is 0.307 e. The van der Waals surface area contributed by atoms with Gasteiger partial charge in [0.15, 0.2) is 0 Å². The Morgan fingerprint density at radius 1 is 1.29 bits per heavy atom. The summed E-state index contributed by atoms with van der Waals surface area (Å²) in [5.74, 6) is 0.122. The normalized spacial score (nSPS) is 14.0. The van der Waals surface area contributed by atoms with Crippen LogP contribution in [0.5, 0.6) is 0 Å². The first-order chi connectivity index (χ1) is 9.85. The van der Waals surface area contributed by atoms with E-state index in [9.17, 15) is 9.90 Å². The molecule has 0 aliphatic heterocycles. The molecule has 0 fully saturated rings. The molecule has 0 radical (unpaired) electrons. The van der Waals surface area contributed by atoms with Crippen molar-refractivity contribution in [1.29, 1.82) is 0 Å². The predicted molar refractivity (Wildman–Crippen MR) is 84.1 cm³/mol. The van der Waals surface area contributed by atoms with Gasteiger partial charge in [-0.3, -0.25) is 4.79 Å². The molecular formula is C17H27NO3. The quantitative estimate of drug-likeness (QED) is 0.758. The number of carbonyl (C=O) groups is 1. The molecule has 0 saturated carbocycles. The van der Waals surface area contributed by atoms with Crippen LogP contribution < -0.4 is 5.32 Å². The first kappa shape index (κ1) is 17.7. The number of aryl methyl sites for hydroxylation is 2. The third-order valence-corrected chi connectivity index (χ3v) is 3.66. The predicted octanol–water partition coefficient (Wildman–Crippen LogP) is 2.51. The number of aliphatic hydroxyl groups excluding tert-OH is 1. The third kappa shape index (κ3) is 5.48. The van der Waals surface area contributed by atoms with Gasteiger partial charge in [0.1, 0.15) is 0 Å². The molecule has 0 amide bonds. The van der Waals surface area contributed by atoms with Crippen molar-refractivity contribution in [2.75, 3.05) is 13.7 Å². The van der Waals surface area contributed by atoms with Gasteiger partial charge < -0.3 is 15.2 Å². The Morgan fingerprint density at radius 2 is 1.95 bits per heavy atom. The summed E-state index contributed by atoms with van der Waals surface area (Å²) in [6.45, 7) is 8.97. The number of hydrogen-bond acceptors (Lipinski definition) is 4. The van der Waals surface area contributed by atoms with E-state index in [0.717, 1.165) is 17.7 Å². The highest BCUT2D eigenvalue weighted by Crippen LogP contribution is 2.22. The Kier molecular flexibility index (Phi) is 6.85. The van der Waals surface area contributed by atoms with Crippen LogP contribution in [0.1, 0.15) is 43.1 Å². The Hall–Kier alpha value is -1.39. The van der Waals surface area contributed by atoms with Crippen LogP contribution in [0.15, 0.2) is 18.2 Å². The average Bonchev–Trinajstić information content (AvgIpc) is 2.45. The van der Waals surface area contributed by atoms with Gasteiger partial charge in [-0.25, -0.2) is 0 Å². The van der Waals surface area contributed by atoms with Crippen molar-refractivity contribution in [3.63, 3.8) is 0 Å². The number of nitrogens with one attached hydrogen (secondary N) is 1. The van der Waals surface area contributed by atoms with E-state index in [0.29, 0.717) is 5.92 Å². The Labute approximate surface area is 127 Å². The summed E-state index contributed by atoms with van der Waals surface area (Å²) < 4.78 is 4.73. The standard InChI is InChI=1S/C17H27NO3/c1-11(2)10-18-15(9-16(19)21-5)17(20)14-7-6-12(3)13(4)8-14/h6-8,11,15,17-18,20H,9-10H2,1-5H3. The molecule has 1 aromatic carbocycles. The highest BCUT2D eigenvalue weighted by molar-refractivity contribution is 5.70. The molecule has 21 heavy (non-hydrogen) atoms. The summed E-state index contributed by atoms with van der Waals surface area (Å²) in [5.41, 5.74) is 3.14. The SMILES string of the molecule is COC(=O)CC(NCC(C)C)C(O)c1ccc(C)c(C)c1. The number of aliphatic hydroxyl groups is 1. The zero-order chi connectivity index (χ0) is 16.0. The molecule has 0 spiro atoms. The monoisotopic (exact) mass is 293 g/mol. The fraction of sp³-hybridized carbons (Fsp3) is 0.588. The first-order valence-corrected chi connectivity index (χ1v) is 7.40. The lowest BCUT2D eigenvalue weighted by atomic mass is 9.96. The minimum atomic E-state index is -0.734. The van der Waals surface area contributed by atoms with Crippen LogP contribution in [0.25, 0.3) is 0 Å². The van der Waals surface area contributed by atoms with Gasteiger partial charge in [0.05, 0.1) is 19.6 Å². The fourth-order valence-electron chi connectivity index (χ4n) is 2.13. The minimum absolute atomic E-state index is 0.150. The molecule has 2 N–H and O–H groups in total. The van der Waals surface area contributed by atoms with E-state index < -0.39 is 6.10 Å². The second kappa shape index (κ2) is 8.15. The Balaban J connectivity index is 2.88. The molecule has 0 aliphatic carbocycles. The van der Waals surface area contributed by atoms with Crippen molar-refractivity contribution in [3.8, 4) is 0 Å². The van der Waals surface area contributed by atoms with Gasteiger partial charge in [0.25, 0.3) is 0 Å². The maximum atomic E-state index is 11.6. The van der Waals surface area contributed by atoms with Crippen molar-refractivity contribution < 1.29 is 14.6 Å². The summed E-state index contributed by atoms with van der Waals surface area (Å²) >= 11 is 0. The highest BCUT2D eigenvalue weighted by atomic mass is 16.5. The number of hydrogen-bond donors (Lipinski definition) is 2. The molecule has 0 heterocycles. The molecule has 0 bridgehead atoms. The maximum absolute atomic E-state index is 11.6. The van der Waals surface area contributed by atoms with E-state index in [4.69, 9.17) is 4.74 Å². The first-order valence-electron chi connectivity index (χ1n) is 7.40. The molecule has 2 atom stereocenters. The maximum Gasteiger partial charge on any atom is 0.307 e. The molecule has 118 valence electrons. The lowest BCUT2D eigenvalue weighted by Gasteiger charge is -2.25. The van der Waals surface area contributed by atoms with E-state index in [2.05, 4.69) is 19.2 Å². The highest BCUT2D eigenvalue weighted by Gasteiger charge is 2.24. The van der Waals surface area contributed by atoms with Gasteiger partial charge in [-0.2, -0.15) is 0 Å². The number of methoxy groups -OCH3 is 1. The van der Waals surface area contributed by atoms with Crippen LogP contribution in [0.3, 0.4) is 0 Å². The van der Waals surface area contributed by atoms with E-state index in [1.165, 1.54) is 12.7 Å².